The number of rotatable bonds is 9. The molecule has 1 N–H and O–H groups in total. The minimum atomic E-state index is -0.0476. The molecule has 1 aromatic heterocycles. The highest BCUT2D eigenvalue weighted by Crippen LogP contribution is 2.21. The molecule has 34 heavy (non-hydrogen) atoms. The third kappa shape index (κ3) is 6.06. The highest BCUT2D eigenvalue weighted by Gasteiger charge is 2.24. The minimum absolute atomic E-state index is 0.0476. The van der Waals surface area contributed by atoms with Gasteiger partial charge in [0.1, 0.15) is 12.4 Å². The lowest BCUT2D eigenvalue weighted by Crippen LogP contribution is -2.43. The molecule has 1 fully saturated rings. The molecule has 1 atom stereocenters. The Morgan fingerprint density at radius 3 is 2.76 bits per heavy atom. The lowest BCUT2D eigenvalue weighted by atomic mass is 10.0. The van der Waals surface area contributed by atoms with Gasteiger partial charge in [0.25, 0.3) is 5.91 Å². The number of carbonyl (C=O) groups is 2. The summed E-state index contributed by atoms with van der Waals surface area (Å²) in [5.74, 6) is 1.11. The number of fused-ring (bicyclic) bond motifs is 1. The quantitative estimate of drug-likeness (QED) is 0.384. The minimum Gasteiger partial charge on any atom is -0.352 e. The van der Waals surface area contributed by atoms with E-state index in [0.29, 0.717) is 24.7 Å². The van der Waals surface area contributed by atoms with Crippen molar-refractivity contribution in [3.63, 3.8) is 0 Å². The molecule has 6 nitrogen and oxygen atoms in total. The van der Waals surface area contributed by atoms with Crippen LogP contribution in [0.25, 0.3) is 11.0 Å². The number of aryl methyl sites for hydroxylation is 1. The number of halogens is 1. The van der Waals surface area contributed by atoms with Gasteiger partial charge >= 0.3 is 0 Å². The number of benzene rings is 2. The van der Waals surface area contributed by atoms with E-state index in [1.54, 1.807) is 0 Å². The summed E-state index contributed by atoms with van der Waals surface area (Å²) in [6.07, 6.45) is 7.05. The van der Waals surface area contributed by atoms with E-state index in [2.05, 4.69) is 38.8 Å². The van der Waals surface area contributed by atoms with Crippen LogP contribution in [0.1, 0.15) is 61.6 Å². The first-order chi connectivity index (χ1) is 16.5. The van der Waals surface area contributed by atoms with Crippen LogP contribution in [-0.4, -0.2) is 45.4 Å². The highest BCUT2D eigenvalue weighted by molar-refractivity contribution is 9.10. The number of imidazole rings is 1. The van der Waals surface area contributed by atoms with Crippen LogP contribution in [0.3, 0.4) is 0 Å². The first-order valence-electron chi connectivity index (χ1n) is 12.3. The maximum atomic E-state index is 13.1. The van der Waals surface area contributed by atoms with Crippen molar-refractivity contribution in [3.05, 3.63) is 64.4 Å². The van der Waals surface area contributed by atoms with E-state index in [4.69, 9.17) is 4.98 Å². The Kier molecular flexibility index (Phi) is 8.38. The fourth-order valence-corrected chi connectivity index (χ4v) is 5.11. The molecule has 7 heteroatoms. The number of amides is 2. The topological polar surface area (TPSA) is 67.2 Å². The Morgan fingerprint density at radius 2 is 1.94 bits per heavy atom. The molecular weight excluding hydrogens is 492 g/mol. The Morgan fingerprint density at radius 1 is 1.09 bits per heavy atom. The molecule has 0 bridgehead atoms. The number of aromatic nitrogens is 2. The molecule has 1 aliphatic heterocycles. The van der Waals surface area contributed by atoms with Crippen LogP contribution < -0.4 is 5.32 Å². The number of likely N-dealkylation sites (tertiary alicyclic amines) is 1. The predicted octanol–water partition coefficient (Wildman–Crippen LogP) is 5.34. The zero-order valence-corrected chi connectivity index (χ0v) is 21.4. The molecule has 2 heterocycles. The van der Waals surface area contributed by atoms with Gasteiger partial charge in [-0.2, -0.15) is 0 Å². The van der Waals surface area contributed by atoms with Crippen molar-refractivity contribution >= 4 is 38.8 Å². The molecule has 3 aromatic rings. The Labute approximate surface area is 209 Å². The molecule has 2 amide bonds. The molecule has 1 unspecified atom stereocenters. The van der Waals surface area contributed by atoms with Crippen molar-refractivity contribution < 1.29 is 9.59 Å². The van der Waals surface area contributed by atoms with Crippen molar-refractivity contribution in [2.75, 3.05) is 13.1 Å². The third-order valence-corrected chi connectivity index (χ3v) is 7.09. The molecule has 0 spiro atoms. The maximum Gasteiger partial charge on any atom is 0.251 e. The van der Waals surface area contributed by atoms with Gasteiger partial charge in [0.15, 0.2) is 0 Å². The molecule has 0 saturated carbocycles. The Hall–Kier alpha value is -2.67. The second kappa shape index (κ2) is 11.6. The van der Waals surface area contributed by atoms with E-state index in [1.807, 2.05) is 47.4 Å². The number of hydrogen-bond acceptors (Lipinski definition) is 3. The van der Waals surface area contributed by atoms with Crippen molar-refractivity contribution in [2.45, 2.75) is 64.5 Å². The Balaban J connectivity index is 1.31. The van der Waals surface area contributed by atoms with Gasteiger partial charge in [-0.3, -0.25) is 9.59 Å². The van der Waals surface area contributed by atoms with E-state index in [0.717, 1.165) is 66.4 Å². The van der Waals surface area contributed by atoms with Crippen LogP contribution in [0.15, 0.2) is 53.0 Å². The monoisotopic (exact) mass is 524 g/mol. The van der Waals surface area contributed by atoms with Crippen molar-refractivity contribution in [1.29, 1.82) is 0 Å². The van der Waals surface area contributed by atoms with Gasteiger partial charge < -0.3 is 14.8 Å². The molecule has 0 aliphatic carbocycles. The lowest BCUT2D eigenvalue weighted by molar-refractivity contribution is -0.135. The van der Waals surface area contributed by atoms with Gasteiger partial charge in [0.05, 0.1) is 11.0 Å². The van der Waals surface area contributed by atoms with E-state index in [9.17, 15) is 9.59 Å². The van der Waals surface area contributed by atoms with E-state index in [-0.39, 0.29) is 11.8 Å². The van der Waals surface area contributed by atoms with Gasteiger partial charge in [-0.05, 0) is 69.4 Å². The molecule has 4 rings (SSSR count). The second-order valence-corrected chi connectivity index (χ2v) is 10.0. The molecular formula is C27H33BrN4O2. The summed E-state index contributed by atoms with van der Waals surface area (Å²) in [7, 11) is 0. The van der Waals surface area contributed by atoms with Crippen LogP contribution in [0.4, 0.5) is 0 Å². The zero-order valence-electron chi connectivity index (χ0n) is 19.8. The average Bonchev–Trinajstić information content (AvgIpc) is 3.18. The van der Waals surface area contributed by atoms with E-state index < -0.39 is 0 Å². The fraction of sp³-hybridized carbons (Fsp3) is 0.444. The SMILES string of the molecule is CC1CCCCN1C(=O)Cn1c(CCCCCNC(=O)c2cccc(Br)c2)nc2ccccc21. The van der Waals surface area contributed by atoms with Gasteiger partial charge in [-0.15, -0.1) is 0 Å². The molecule has 1 saturated heterocycles. The van der Waals surface area contributed by atoms with Gasteiger partial charge in [-0.25, -0.2) is 4.98 Å². The summed E-state index contributed by atoms with van der Waals surface area (Å²) < 4.78 is 3.00. The summed E-state index contributed by atoms with van der Waals surface area (Å²) in [6, 6.07) is 15.8. The first-order valence-corrected chi connectivity index (χ1v) is 13.1. The number of hydrogen-bond donors (Lipinski definition) is 1. The molecule has 2 aromatic carbocycles. The number of carbonyl (C=O) groups excluding carboxylic acids is 2. The van der Waals surface area contributed by atoms with Crippen LogP contribution in [-0.2, 0) is 17.8 Å². The van der Waals surface area contributed by atoms with Gasteiger partial charge in [0.2, 0.25) is 5.91 Å². The summed E-state index contributed by atoms with van der Waals surface area (Å²) in [5.41, 5.74) is 2.63. The number of nitrogens with one attached hydrogen (secondary N) is 1. The Bertz CT molecular complexity index is 1140. The number of para-hydroxylation sites is 2. The largest absolute Gasteiger partial charge is 0.352 e. The summed E-state index contributed by atoms with van der Waals surface area (Å²) in [5, 5.41) is 2.99. The van der Waals surface area contributed by atoms with Crippen LogP contribution in [0, 0.1) is 0 Å². The highest BCUT2D eigenvalue weighted by atomic mass is 79.9. The van der Waals surface area contributed by atoms with Crippen molar-refractivity contribution in [2.24, 2.45) is 0 Å². The normalized spacial score (nSPS) is 16.1. The zero-order chi connectivity index (χ0) is 23.9. The van der Waals surface area contributed by atoms with Gasteiger partial charge in [0, 0.05) is 35.6 Å². The predicted molar refractivity (Wildman–Crippen MR) is 139 cm³/mol. The smallest absolute Gasteiger partial charge is 0.251 e. The number of nitrogens with zero attached hydrogens (tertiary/aromatic N) is 3. The number of piperidine rings is 1. The average molecular weight is 525 g/mol. The van der Waals surface area contributed by atoms with Crippen LogP contribution in [0.2, 0.25) is 0 Å². The maximum absolute atomic E-state index is 13.1. The van der Waals surface area contributed by atoms with Gasteiger partial charge in [-0.1, -0.05) is 40.5 Å². The fourth-order valence-electron chi connectivity index (χ4n) is 4.71. The van der Waals surface area contributed by atoms with Crippen molar-refractivity contribution in [1.82, 2.24) is 19.8 Å². The second-order valence-electron chi connectivity index (χ2n) is 9.11. The molecule has 0 radical (unpaired) electrons. The third-order valence-electron chi connectivity index (χ3n) is 6.60. The summed E-state index contributed by atoms with van der Waals surface area (Å²) in [6.45, 7) is 4.00. The molecule has 180 valence electrons. The van der Waals surface area contributed by atoms with E-state index >= 15 is 0 Å². The molecule has 1 aliphatic rings. The van der Waals surface area contributed by atoms with Crippen LogP contribution in [0.5, 0.6) is 0 Å². The van der Waals surface area contributed by atoms with E-state index in [1.165, 1.54) is 6.42 Å². The van der Waals surface area contributed by atoms with Crippen LogP contribution >= 0.6 is 15.9 Å². The lowest BCUT2D eigenvalue weighted by Gasteiger charge is -2.33. The number of unbranched alkanes of at least 4 members (excludes halogenated alkanes) is 2. The summed E-state index contributed by atoms with van der Waals surface area (Å²) >= 11 is 3.40. The summed E-state index contributed by atoms with van der Waals surface area (Å²) in [4.78, 5) is 32.3. The van der Waals surface area contributed by atoms with Crippen molar-refractivity contribution in [3.8, 4) is 0 Å². The standard InChI is InChI=1S/C27H33BrN4O2/c1-20-10-6-8-17-31(20)26(33)19-32-24-14-5-4-13-23(24)30-25(32)15-3-2-7-16-29-27(34)21-11-9-12-22(28)18-21/h4-5,9,11-14,18,20H,2-3,6-8,10,15-17,19H2,1H3,(H,29,34). The first kappa shape index (κ1) is 24.5.